The van der Waals surface area contributed by atoms with E-state index in [1.807, 2.05) is 42.5 Å². The molecule has 1 saturated carbocycles. The zero-order chi connectivity index (χ0) is 21.6. The molecule has 3 aromatic rings. The summed E-state index contributed by atoms with van der Waals surface area (Å²) in [5.41, 5.74) is 2.90. The van der Waals surface area contributed by atoms with Crippen LogP contribution in [0.1, 0.15) is 17.7 Å². The Labute approximate surface area is 182 Å². The first kappa shape index (κ1) is 21.4. The van der Waals surface area contributed by atoms with E-state index in [9.17, 15) is 10.2 Å². The Bertz CT molecular complexity index is 968. The number of nitrogens with zero attached hydrogens (tertiary/aromatic N) is 3. The van der Waals surface area contributed by atoms with Gasteiger partial charge in [0.1, 0.15) is 5.75 Å². The first-order valence-electron chi connectivity index (χ1n) is 10.6. The van der Waals surface area contributed by atoms with Crippen molar-refractivity contribution in [3.05, 3.63) is 72.3 Å². The number of hydrogen-bond acceptors (Lipinski definition) is 7. The summed E-state index contributed by atoms with van der Waals surface area (Å²) in [6.45, 7) is 0.633. The second-order valence-corrected chi connectivity index (χ2v) is 7.97. The Balaban J connectivity index is 1.48. The molecule has 1 aliphatic rings. The Kier molecular flexibility index (Phi) is 6.86. The van der Waals surface area contributed by atoms with E-state index in [2.05, 4.69) is 15.3 Å². The minimum Gasteiger partial charge on any atom is -0.497 e. The SMILES string of the molecule is COc1ccc(CN[C@@H]2C[C@@H](O)[C@H](CO)[C@H]2Cc2ccnc(-c3cccnc3)n2)cc1. The van der Waals surface area contributed by atoms with Crippen LogP contribution in [0.15, 0.2) is 61.1 Å². The van der Waals surface area contributed by atoms with Crippen LogP contribution in [0.25, 0.3) is 11.4 Å². The summed E-state index contributed by atoms with van der Waals surface area (Å²) in [6, 6.07) is 13.7. The number of aromatic nitrogens is 3. The van der Waals surface area contributed by atoms with Crippen molar-refractivity contribution < 1.29 is 14.9 Å². The van der Waals surface area contributed by atoms with E-state index in [4.69, 9.17) is 9.72 Å². The number of hydrogen-bond donors (Lipinski definition) is 3. The molecule has 1 aromatic carbocycles. The van der Waals surface area contributed by atoms with Crippen LogP contribution in [-0.2, 0) is 13.0 Å². The van der Waals surface area contributed by atoms with Gasteiger partial charge in [-0.2, -0.15) is 0 Å². The van der Waals surface area contributed by atoms with Gasteiger partial charge in [-0.1, -0.05) is 12.1 Å². The summed E-state index contributed by atoms with van der Waals surface area (Å²) in [6.07, 6.45) is 5.93. The summed E-state index contributed by atoms with van der Waals surface area (Å²) >= 11 is 0. The summed E-state index contributed by atoms with van der Waals surface area (Å²) in [5, 5.41) is 24.1. The van der Waals surface area contributed by atoms with Gasteiger partial charge < -0.3 is 20.3 Å². The lowest BCUT2D eigenvalue weighted by molar-refractivity contribution is 0.0716. The predicted octanol–water partition coefficient (Wildman–Crippen LogP) is 2.24. The molecule has 3 N–H and O–H groups in total. The van der Waals surface area contributed by atoms with Crippen LogP contribution in [0, 0.1) is 11.8 Å². The average Bonchev–Trinajstić information content (AvgIpc) is 3.12. The first-order valence-corrected chi connectivity index (χ1v) is 10.6. The molecule has 4 atom stereocenters. The van der Waals surface area contributed by atoms with Gasteiger partial charge in [0.2, 0.25) is 0 Å². The largest absolute Gasteiger partial charge is 0.497 e. The molecule has 2 aromatic heterocycles. The topological polar surface area (TPSA) is 100 Å². The van der Waals surface area contributed by atoms with Gasteiger partial charge in [-0.15, -0.1) is 0 Å². The lowest BCUT2D eigenvalue weighted by Gasteiger charge is -2.25. The summed E-state index contributed by atoms with van der Waals surface area (Å²) < 4.78 is 5.22. The monoisotopic (exact) mass is 420 g/mol. The molecule has 162 valence electrons. The van der Waals surface area contributed by atoms with Crippen LogP contribution in [0.5, 0.6) is 5.75 Å². The maximum absolute atomic E-state index is 10.5. The van der Waals surface area contributed by atoms with Crippen LogP contribution in [0.3, 0.4) is 0 Å². The second-order valence-electron chi connectivity index (χ2n) is 7.97. The highest BCUT2D eigenvalue weighted by Gasteiger charge is 2.42. The highest BCUT2D eigenvalue weighted by Crippen LogP contribution is 2.35. The van der Waals surface area contributed by atoms with Gasteiger partial charge in [-0.05, 0) is 54.7 Å². The second kappa shape index (κ2) is 9.96. The number of aliphatic hydroxyl groups excluding tert-OH is 2. The molecule has 7 nitrogen and oxygen atoms in total. The van der Waals surface area contributed by atoms with E-state index in [0.717, 1.165) is 22.6 Å². The highest BCUT2D eigenvalue weighted by atomic mass is 16.5. The molecular weight excluding hydrogens is 392 g/mol. The fourth-order valence-electron chi connectivity index (χ4n) is 4.36. The molecule has 0 amide bonds. The number of rotatable bonds is 8. The van der Waals surface area contributed by atoms with Crippen LogP contribution in [0.2, 0.25) is 0 Å². The number of benzene rings is 1. The molecular formula is C24H28N4O3. The Morgan fingerprint density at radius 1 is 1.10 bits per heavy atom. The predicted molar refractivity (Wildman–Crippen MR) is 117 cm³/mol. The van der Waals surface area contributed by atoms with Gasteiger partial charge in [0, 0.05) is 55.0 Å². The van der Waals surface area contributed by atoms with Gasteiger partial charge in [-0.25, -0.2) is 9.97 Å². The lowest BCUT2D eigenvalue weighted by Crippen LogP contribution is -2.36. The lowest BCUT2D eigenvalue weighted by atomic mass is 9.88. The molecule has 1 aliphatic carbocycles. The van der Waals surface area contributed by atoms with Crippen molar-refractivity contribution in [2.45, 2.75) is 31.5 Å². The fourth-order valence-corrected chi connectivity index (χ4v) is 4.36. The van der Waals surface area contributed by atoms with E-state index in [-0.39, 0.29) is 24.5 Å². The maximum atomic E-state index is 10.5. The molecule has 7 heteroatoms. The molecule has 0 spiro atoms. The van der Waals surface area contributed by atoms with E-state index in [1.54, 1.807) is 25.7 Å². The highest BCUT2D eigenvalue weighted by molar-refractivity contribution is 5.52. The van der Waals surface area contributed by atoms with Crippen molar-refractivity contribution in [3.8, 4) is 17.1 Å². The van der Waals surface area contributed by atoms with E-state index in [1.165, 1.54) is 0 Å². The van der Waals surface area contributed by atoms with E-state index >= 15 is 0 Å². The van der Waals surface area contributed by atoms with Gasteiger partial charge in [-0.3, -0.25) is 4.98 Å². The maximum Gasteiger partial charge on any atom is 0.160 e. The molecule has 0 unspecified atom stereocenters. The quantitative estimate of drug-likeness (QED) is 0.514. The number of aliphatic hydroxyl groups is 2. The van der Waals surface area contributed by atoms with Crippen LogP contribution in [0.4, 0.5) is 0 Å². The molecule has 0 aliphatic heterocycles. The standard InChI is InChI=1S/C24H28N4O3/c1-31-19-6-4-16(5-7-19)13-27-22-12-23(30)21(15-29)20(22)11-18-8-10-26-24(28-18)17-3-2-9-25-14-17/h2-10,14,20-23,27,29-30H,11-13,15H2,1H3/t20-,21-,22-,23-/m1/s1. The van der Waals surface area contributed by atoms with Gasteiger partial charge in [0.25, 0.3) is 0 Å². The molecule has 31 heavy (non-hydrogen) atoms. The van der Waals surface area contributed by atoms with Crippen LogP contribution in [-0.4, -0.2) is 51.0 Å². The number of nitrogens with one attached hydrogen (secondary N) is 1. The summed E-state index contributed by atoms with van der Waals surface area (Å²) in [5.74, 6) is 1.33. The number of methoxy groups -OCH3 is 1. The minimum atomic E-state index is -0.539. The molecule has 2 heterocycles. The molecule has 0 bridgehead atoms. The van der Waals surface area contributed by atoms with Gasteiger partial charge in [0.15, 0.2) is 5.82 Å². The van der Waals surface area contributed by atoms with Crippen molar-refractivity contribution in [3.63, 3.8) is 0 Å². The Morgan fingerprint density at radius 2 is 1.94 bits per heavy atom. The van der Waals surface area contributed by atoms with Gasteiger partial charge in [0.05, 0.1) is 13.2 Å². The number of pyridine rings is 1. The smallest absolute Gasteiger partial charge is 0.160 e. The van der Waals surface area contributed by atoms with Gasteiger partial charge >= 0.3 is 0 Å². The van der Waals surface area contributed by atoms with Crippen molar-refractivity contribution in [2.24, 2.45) is 11.8 Å². The van der Waals surface area contributed by atoms with Crippen molar-refractivity contribution in [1.82, 2.24) is 20.3 Å². The Hall–Kier alpha value is -2.87. The molecule has 1 fully saturated rings. The third-order valence-electron chi connectivity index (χ3n) is 6.07. The molecule has 0 radical (unpaired) electrons. The van der Waals surface area contributed by atoms with Crippen molar-refractivity contribution in [1.29, 1.82) is 0 Å². The summed E-state index contributed by atoms with van der Waals surface area (Å²) in [7, 11) is 1.65. The molecule has 4 rings (SSSR count). The third-order valence-corrected chi connectivity index (χ3v) is 6.07. The van der Waals surface area contributed by atoms with Crippen molar-refractivity contribution in [2.75, 3.05) is 13.7 Å². The van der Waals surface area contributed by atoms with E-state index < -0.39 is 6.10 Å². The number of ether oxygens (including phenoxy) is 1. The third kappa shape index (κ3) is 5.07. The van der Waals surface area contributed by atoms with E-state index in [0.29, 0.717) is 25.2 Å². The summed E-state index contributed by atoms with van der Waals surface area (Å²) in [4.78, 5) is 13.2. The van der Waals surface area contributed by atoms with Crippen molar-refractivity contribution >= 4 is 0 Å². The zero-order valence-corrected chi connectivity index (χ0v) is 17.6. The zero-order valence-electron chi connectivity index (χ0n) is 17.6. The first-order chi connectivity index (χ1) is 15.2. The minimum absolute atomic E-state index is 0.0485. The average molecular weight is 421 g/mol. The Morgan fingerprint density at radius 3 is 2.65 bits per heavy atom. The van der Waals surface area contributed by atoms with Crippen LogP contribution < -0.4 is 10.1 Å². The molecule has 0 saturated heterocycles. The fraction of sp³-hybridized carbons (Fsp3) is 0.375. The normalized spacial score (nSPS) is 23.1. The van der Waals surface area contributed by atoms with Crippen LogP contribution >= 0.6 is 0 Å².